The number of hydrogen-bond acceptors (Lipinski definition) is 6. The maximum atomic E-state index is 11.3. The molecule has 0 aliphatic heterocycles. The molecule has 0 rings (SSSR count). The zero-order chi connectivity index (χ0) is 10.6. The molecule has 0 bridgehead atoms. The van der Waals surface area contributed by atoms with Gasteiger partial charge in [-0.25, -0.2) is 9.59 Å². The molecule has 10 heteroatoms. The molecule has 0 aromatic heterocycles. The Hall–Kier alpha value is -0.800. The van der Waals surface area contributed by atoms with Crippen molar-refractivity contribution in [2.75, 3.05) is 0 Å². The zero-order valence-corrected chi connectivity index (χ0v) is 8.58. The van der Waals surface area contributed by atoms with Crippen LogP contribution in [0.25, 0.3) is 0 Å². The van der Waals surface area contributed by atoms with Crippen molar-refractivity contribution in [3.8, 4) is 0 Å². The summed E-state index contributed by atoms with van der Waals surface area (Å²) in [6.07, 6.45) is -10.1. The monoisotopic (exact) mass is 224 g/mol. The molecule has 0 saturated heterocycles. The predicted molar refractivity (Wildman–Crippen MR) is 24.0 cm³/mol. The van der Waals surface area contributed by atoms with Gasteiger partial charge in [0.05, 0.1) is 0 Å². The van der Waals surface area contributed by atoms with Gasteiger partial charge in [-0.3, -0.25) is 0 Å². The second kappa shape index (κ2) is 5.83. The molecule has 0 aromatic rings. The van der Waals surface area contributed by atoms with Crippen LogP contribution in [0.15, 0.2) is 0 Å². The van der Waals surface area contributed by atoms with Crippen molar-refractivity contribution in [1.29, 1.82) is 0 Å². The van der Waals surface area contributed by atoms with Crippen LogP contribution in [0.3, 0.4) is 0 Å². The van der Waals surface area contributed by atoms with Crippen LogP contribution in [-0.4, -0.2) is 24.5 Å². The van der Waals surface area contributed by atoms with E-state index in [1.807, 2.05) is 0 Å². The first-order chi connectivity index (χ1) is 5.73. The van der Waals surface area contributed by atoms with E-state index in [0.29, 0.717) is 0 Å². The first-order valence-electron chi connectivity index (χ1n) is 2.45. The molecule has 0 N–H and O–H groups in total. The fourth-order valence-electron chi connectivity index (χ4n) is 0.222. The van der Waals surface area contributed by atoms with Crippen LogP contribution in [0.4, 0.5) is 22.8 Å². The molecule has 0 radical (unpaired) electrons. The second-order valence-corrected chi connectivity index (χ2v) is 1.49. The number of rotatable bonds is 0. The number of ether oxygens (including phenoxy) is 2. The Morgan fingerprint density at radius 1 is 1.07 bits per heavy atom. The van der Waals surface area contributed by atoms with Crippen molar-refractivity contribution in [1.82, 2.24) is 0 Å². The van der Waals surface area contributed by atoms with Crippen LogP contribution in [0.2, 0.25) is 0 Å². The molecular weight excluding hydrogens is 224 g/mol. The van der Waals surface area contributed by atoms with Crippen molar-refractivity contribution >= 4 is 18.3 Å². The van der Waals surface area contributed by atoms with Crippen LogP contribution in [0.1, 0.15) is 0 Å². The van der Waals surface area contributed by atoms with Gasteiger partial charge in [-0.2, -0.15) is 13.2 Å². The number of carboxylic acid groups (broad SMARTS) is 1. The Balaban J connectivity index is 0. The van der Waals surface area contributed by atoms with E-state index >= 15 is 0 Å². The Morgan fingerprint density at radius 3 is 1.79 bits per heavy atom. The van der Waals surface area contributed by atoms with Gasteiger partial charge in [0.2, 0.25) is 0 Å². The molecule has 0 atom stereocenters. The number of carbonyl (C=O) groups excluding carboxylic acids is 3. The van der Waals surface area contributed by atoms with Crippen molar-refractivity contribution in [2.45, 2.75) is 6.18 Å². The summed E-state index contributed by atoms with van der Waals surface area (Å²) in [5, 5.41) is 9.41. The quantitative estimate of drug-likeness (QED) is 0.241. The number of carbonyl (C=O) groups is 3. The smallest absolute Gasteiger partial charge is 0.452 e. The molecule has 0 unspecified atom stereocenters. The fourth-order valence-corrected chi connectivity index (χ4v) is 0.222. The van der Waals surface area contributed by atoms with E-state index < -0.39 is 24.5 Å². The standard InChI is InChI=1S/C4HF3O6.Na/c5-4(6,7)1(8)12-3(11)13-2(9)10;/h(H,9,10);/q;+1/p-1. The molecule has 0 aliphatic carbocycles. The molecule has 0 saturated carbocycles. The Kier molecular flexibility index (Phi) is 6.52. The minimum atomic E-state index is -5.40. The molecule has 0 aliphatic rings. The van der Waals surface area contributed by atoms with E-state index in [2.05, 4.69) is 9.47 Å². The molecule has 0 amide bonds. The first kappa shape index (κ1) is 15.7. The summed E-state index contributed by atoms with van der Waals surface area (Å²) in [4.78, 5) is 29.1. The Morgan fingerprint density at radius 2 is 1.50 bits per heavy atom. The SMILES string of the molecule is O=C([O-])OC(=O)OC(=O)C(F)(F)F.[Na+]. The Labute approximate surface area is 96.2 Å². The van der Waals surface area contributed by atoms with Crippen LogP contribution in [0.5, 0.6) is 0 Å². The molecule has 14 heavy (non-hydrogen) atoms. The van der Waals surface area contributed by atoms with Gasteiger partial charge in [-0.1, -0.05) is 0 Å². The number of esters is 1. The normalized spacial score (nSPS) is 9.64. The van der Waals surface area contributed by atoms with E-state index in [-0.39, 0.29) is 29.6 Å². The van der Waals surface area contributed by atoms with Crippen molar-refractivity contribution in [3.05, 3.63) is 0 Å². The van der Waals surface area contributed by atoms with Gasteiger partial charge in [0.1, 0.15) is 0 Å². The third-order valence-electron chi connectivity index (χ3n) is 0.574. The third kappa shape index (κ3) is 6.69. The first-order valence-corrected chi connectivity index (χ1v) is 2.45. The van der Waals surface area contributed by atoms with Crippen molar-refractivity contribution in [3.63, 3.8) is 0 Å². The molecule has 0 aromatic carbocycles. The van der Waals surface area contributed by atoms with Gasteiger partial charge in [0.25, 0.3) is 6.16 Å². The molecule has 0 spiro atoms. The van der Waals surface area contributed by atoms with Gasteiger partial charge in [0, 0.05) is 0 Å². The van der Waals surface area contributed by atoms with Gasteiger partial charge in [-0.15, -0.1) is 0 Å². The molecule has 0 heterocycles. The van der Waals surface area contributed by atoms with E-state index in [0.717, 1.165) is 0 Å². The molecular formula is C4F3NaO6. The average molecular weight is 224 g/mol. The van der Waals surface area contributed by atoms with Gasteiger partial charge >= 0.3 is 47.9 Å². The summed E-state index contributed by atoms with van der Waals surface area (Å²) in [6, 6.07) is 0. The van der Waals surface area contributed by atoms with Crippen molar-refractivity contribution < 1.29 is 71.7 Å². The average Bonchev–Trinajstić information content (AvgIpc) is 1.82. The summed E-state index contributed by atoms with van der Waals surface area (Å²) in [7, 11) is 0. The minimum absolute atomic E-state index is 0. The predicted octanol–water partition coefficient (Wildman–Crippen LogP) is -3.42. The zero-order valence-electron chi connectivity index (χ0n) is 6.58. The Bertz CT molecular complexity index is 248. The molecule has 6 nitrogen and oxygen atoms in total. The molecule has 74 valence electrons. The molecule has 0 fully saturated rings. The van der Waals surface area contributed by atoms with Crippen molar-refractivity contribution in [2.24, 2.45) is 0 Å². The van der Waals surface area contributed by atoms with E-state index in [9.17, 15) is 32.7 Å². The van der Waals surface area contributed by atoms with E-state index in [4.69, 9.17) is 0 Å². The maximum absolute atomic E-state index is 11.3. The van der Waals surface area contributed by atoms with E-state index in [1.165, 1.54) is 0 Å². The maximum Gasteiger partial charge on any atom is 1.00 e. The van der Waals surface area contributed by atoms with Gasteiger partial charge < -0.3 is 19.4 Å². The third-order valence-corrected chi connectivity index (χ3v) is 0.574. The summed E-state index contributed by atoms with van der Waals surface area (Å²) >= 11 is 0. The number of halogens is 3. The van der Waals surface area contributed by atoms with Crippen LogP contribution >= 0.6 is 0 Å². The second-order valence-electron chi connectivity index (χ2n) is 1.49. The van der Waals surface area contributed by atoms with Crippen LogP contribution in [0, 0.1) is 0 Å². The van der Waals surface area contributed by atoms with Crippen LogP contribution < -0.4 is 34.7 Å². The number of hydrogen-bond donors (Lipinski definition) is 0. The van der Waals surface area contributed by atoms with E-state index in [1.54, 1.807) is 0 Å². The topological polar surface area (TPSA) is 92.7 Å². The fraction of sp³-hybridized carbons (Fsp3) is 0.250. The summed E-state index contributed by atoms with van der Waals surface area (Å²) in [5.41, 5.74) is 0. The van der Waals surface area contributed by atoms with Crippen LogP contribution in [-0.2, 0) is 14.3 Å². The largest absolute Gasteiger partial charge is 1.00 e. The number of alkyl halides is 3. The van der Waals surface area contributed by atoms with Gasteiger partial charge in [-0.05, 0) is 0 Å². The summed E-state index contributed by atoms with van der Waals surface area (Å²) in [5.74, 6) is -2.88. The summed E-state index contributed by atoms with van der Waals surface area (Å²) in [6.45, 7) is 0. The van der Waals surface area contributed by atoms with Gasteiger partial charge in [0.15, 0.2) is 0 Å². The minimum Gasteiger partial charge on any atom is -0.452 e. The summed E-state index contributed by atoms with van der Waals surface area (Å²) < 4.78 is 39.7.